The Labute approximate surface area is 74.9 Å². The molecule has 68 valence electrons. The molecule has 1 aliphatic carbocycles. The van der Waals surface area contributed by atoms with Crippen molar-refractivity contribution in [2.24, 2.45) is 17.3 Å². The molecule has 0 aromatic rings. The van der Waals surface area contributed by atoms with Crippen LogP contribution in [-0.4, -0.2) is 5.78 Å². The van der Waals surface area contributed by atoms with Gasteiger partial charge in [-0.15, -0.1) is 0 Å². The normalized spacial score (nSPS) is 32.3. The Bertz CT molecular complexity index is 213. The van der Waals surface area contributed by atoms with Crippen molar-refractivity contribution in [3.8, 4) is 0 Å². The maximum atomic E-state index is 11.0. The third-order valence-corrected chi connectivity index (χ3v) is 3.27. The lowest BCUT2D eigenvalue weighted by atomic mass is 9.73. The summed E-state index contributed by atoms with van der Waals surface area (Å²) in [5.74, 6) is 1.35. The van der Waals surface area contributed by atoms with Crippen LogP contribution in [0.4, 0.5) is 0 Å². The summed E-state index contributed by atoms with van der Waals surface area (Å²) in [6, 6.07) is 0. The SMILES string of the molecule is CC(=O)CC1C=CC(C)C1(C)C. The fraction of sp³-hybridized carbons (Fsp3) is 0.727. The maximum absolute atomic E-state index is 11.0. The molecular weight excluding hydrogens is 148 g/mol. The number of Topliss-reactive ketones (excluding diaryl/α,β-unsaturated/α-hetero) is 1. The minimum atomic E-state index is 0.270. The molecule has 1 nitrogen and oxygen atoms in total. The molecule has 0 aromatic carbocycles. The van der Waals surface area contributed by atoms with Gasteiger partial charge in [-0.05, 0) is 24.2 Å². The third-order valence-electron chi connectivity index (χ3n) is 3.27. The minimum absolute atomic E-state index is 0.270. The van der Waals surface area contributed by atoms with Crippen LogP contribution < -0.4 is 0 Å². The Kier molecular flexibility index (Phi) is 2.41. The number of rotatable bonds is 2. The fourth-order valence-corrected chi connectivity index (χ4v) is 1.78. The summed E-state index contributed by atoms with van der Waals surface area (Å²) in [5, 5.41) is 0. The van der Waals surface area contributed by atoms with Crippen LogP contribution in [0.2, 0.25) is 0 Å². The molecule has 0 heterocycles. The first kappa shape index (κ1) is 9.50. The van der Waals surface area contributed by atoms with E-state index >= 15 is 0 Å². The van der Waals surface area contributed by atoms with Gasteiger partial charge in [-0.3, -0.25) is 0 Å². The molecule has 0 fully saturated rings. The van der Waals surface area contributed by atoms with E-state index in [-0.39, 0.29) is 5.41 Å². The molecule has 0 N–H and O–H groups in total. The Morgan fingerprint density at radius 2 is 2.00 bits per heavy atom. The van der Waals surface area contributed by atoms with Crippen molar-refractivity contribution >= 4 is 5.78 Å². The molecule has 2 unspecified atom stereocenters. The van der Waals surface area contributed by atoms with E-state index < -0.39 is 0 Å². The van der Waals surface area contributed by atoms with Crippen LogP contribution in [0.1, 0.15) is 34.1 Å². The van der Waals surface area contributed by atoms with Crippen molar-refractivity contribution in [3.05, 3.63) is 12.2 Å². The summed E-state index contributed by atoms with van der Waals surface area (Å²) in [5.41, 5.74) is 0.270. The molecule has 1 aliphatic rings. The van der Waals surface area contributed by atoms with Crippen LogP contribution in [-0.2, 0) is 4.79 Å². The molecule has 12 heavy (non-hydrogen) atoms. The first-order valence-corrected chi connectivity index (χ1v) is 4.62. The molecule has 0 aliphatic heterocycles. The van der Waals surface area contributed by atoms with Crippen molar-refractivity contribution in [1.82, 2.24) is 0 Å². The predicted octanol–water partition coefficient (Wildman–Crippen LogP) is 2.81. The molecule has 0 bridgehead atoms. The number of hydrogen-bond donors (Lipinski definition) is 0. The Morgan fingerprint density at radius 1 is 1.42 bits per heavy atom. The van der Waals surface area contributed by atoms with Gasteiger partial charge in [0.05, 0.1) is 0 Å². The van der Waals surface area contributed by atoms with Gasteiger partial charge in [0.2, 0.25) is 0 Å². The zero-order valence-electron chi connectivity index (χ0n) is 8.42. The molecule has 2 atom stereocenters. The van der Waals surface area contributed by atoms with Gasteiger partial charge in [0, 0.05) is 6.42 Å². The molecule has 1 heteroatoms. The molecule has 0 radical (unpaired) electrons. The van der Waals surface area contributed by atoms with E-state index in [1.165, 1.54) is 0 Å². The van der Waals surface area contributed by atoms with Crippen LogP contribution in [0.25, 0.3) is 0 Å². The Hall–Kier alpha value is -0.590. The lowest BCUT2D eigenvalue weighted by molar-refractivity contribution is -0.118. The predicted molar refractivity (Wildman–Crippen MR) is 50.9 cm³/mol. The first-order valence-electron chi connectivity index (χ1n) is 4.62. The van der Waals surface area contributed by atoms with Gasteiger partial charge in [-0.25, -0.2) is 0 Å². The van der Waals surface area contributed by atoms with E-state index in [0.717, 1.165) is 0 Å². The molecule has 0 aromatic heterocycles. The van der Waals surface area contributed by atoms with Gasteiger partial charge >= 0.3 is 0 Å². The van der Waals surface area contributed by atoms with Crippen molar-refractivity contribution in [2.75, 3.05) is 0 Å². The number of carbonyl (C=O) groups excluding carboxylic acids is 1. The van der Waals surface area contributed by atoms with Crippen LogP contribution in [0.3, 0.4) is 0 Å². The quantitative estimate of drug-likeness (QED) is 0.576. The summed E-state index contributed by atoms with van der Waals surface area (Å²) < 4.78 is 0. The average Bonchev–Trinajstić information content (AvgIpc) is 2.15. The van der Waals surface area contributed by atoms with Crippen molar-refractivity contribution in [3.63, 3.8) is 0 Å². The van der Waals surface area contributed by atoms with E-state index in [2.05, 4.69) is 32.9 Å². The highest BCUT2D eigenvalue weighted by atomic mass is 16.1. The first-order chi connectivity index (χ1) is 5.44. The van der Waals surface area contributed by atoms with Gasteiger partial charge in [0.1, 0.15) is 5.78 Å². The van der Waals surface area contributed by atoms with Crippen LogP contribution >= 0.6 is 0 Å². The molecule has 0 spiro atoms. The zero-order chi connectivity index (χ0) is 9.35. The van der Waals surface area contributed by atoms with Gasteiger partial charge < -0.3 is 4.79 Å². The van der Waals surface area contributed by atoms with Gasteiger partial charge in [0.25, 0.3) is 0 Å². The maximum Gasteiger partial charge on any atom is 0.130 e. The highest BCUT2D eigenvalue weighted by molar-refractivity contribution is 5.76. The minimum Gasteiger partial charge on any atom is -0.300 e. The fourth-order valence-electron chi connectivity index (χ4n) is 1.78. The van der Waals surface area contributed by atoms with Crippen LogP contribution in [0.15, 0.2) is 12.2 Å². The Morgan fingerprint density at radius 3 is 2.33 bits per heavy atom. The zero-order valence-corrected chi connectivity index (χ0v) is 8.42. The summed E-state index contributed by atoms with van der Waals surface area (Å²) in [6.07, 6.45) is 5.13. The van der Waals surface area contributed by atoms with Gasteiger partial charge in [-0.2, -0.15) is 0 Å². The summed E-state index contributed by atoms with van der Waals surface area (Å²) in [6.45, 7) is 8.38. The van der Waals surface area contributed by atoms with Gasteiger partial charge in [-0.1, -0.05) is 32.9 Å². The van der Waals surface area contributed by atoms with E-state index in [0.29, 0.717) is 24.0 Å². The average molecular weight is 166 g/mol. The molecule has 1 rings (SSSR count). The number of allylic oxidation sites excluding steroid dienone is 2. The number of hydrogen-bond acceptors (Lipinski definition) is 1. The summed E-state index contributed by atoms with van der Waals surface area (Å²) in [4.78, 5) is 11.0. The number of ketones is 1. The van der Waals surface area contributed by atoms with E-state index in [1.54, 1.807) is 6.92 Å². The monoisotopic (exact) mass is 166 g/mol. The second-order valence-electron chi connectivity index (χ2n) is 4.51. The van der Waals surface area contributed by atoms with E-state index in [4.69, 9.17) is 0 Å². The van der Waals surface area contributed by atoms with Crippen molar-refractivity contribution in [1.29, 1.82) is 0 Å². The molecule has 0 saturated carbocycles. The summed E-state index contributed by atoms with van der Waals surface area (Å²) in [7, 11) is 0. The number of carbonyl (C=O) groups is 1. The smallest absolute Gasteiger partial charge is 0.130 e. The third kappa shape index (κ3) is 1.60. The van der Waals surface area contributed by atoms with E-state index in [1.807, 2.05) is 0 Å². The second-order valence-corrected chi connectivity index (χ2v) is 4.51. The van der Waals surface area contributed by atoms with E-state index in [9.17, 15) is 4.79 Å². The van der Waals surface area contributed by atoms with Crippen molar-refractivity contribution in [2.45, 2.75) is 34.1 Å². The largest absolute Gasteiger partial charge is 0.300 e. The summed E-state index contributed by atoms with van der Waals surface area (Å²) >= 11 is 0. The lowest BCUT2D eigenvalue weighted by Gasteiger charge is -2.30. The van der Waals surface area contributed by atoms with Crippen LogP contribution in [0.5, 0.6) is 0 Å². The van der Waals surface area contributed by atoms with Gasteiger partial charge in [0.15, 0.2) is 0 Å². The Balaban J connectivity index is 2.68. The standard InChI is InChI=1S/C11H18O/c1-8-5-6-10(7-9(2)12)11(8,3)4/h5-6,8,10H,7H2,1-4H3. The highest BCUT2D eigenvalue weighted by Gasteiger charge is 2.36. The topological polar surface area (TPSA) is 17.1 Å². The second kappa shape index (κ2) is 3.04. The van der Waals surface area contributed by atoms with Crippen molar-refractivity contribution < 1.29 is 4.79 Å². The van der Waals surface area contributed by atoms with Crippen LogP contribution in [0, 0.1) is 17.3 Å². The molecular formula is C11H18O. The highest BCUT2D eigenvalue weighted by Crippen LogP contribution is 2.43. The molecule has 0 amide bonds. The molecule has 0 saturated heterocycles. The lowest BCUT2D eigenvalue weighted by Crippen LogP contribution is -2.25.